The third-order valence-corrected chi connectivity index (χ3v) is 2.19. The summed E-state index contributed by atoms with van der Waals surface area (Å²) in [5.41, 5.74) is -0.350. The zero-order chi connectivity index (χ0) is 13.1. The summed E-state index contributed by atoms with van der Waals surface area (Å²) in [6.07, 6.45) is 3.37. The van der Waals surface area contributed by atoms with Crippen molar-refractivity contribution in [2.75, 3.05) is 5.32 Å². The lowest BCUT2D eigenvalue weighted by molar-refractivity contribution is -0.385. The molecule has 18 heavy (non-hydrogen) atoms. The number of carbonyl (C=O) groups is 1. The topological polar surface area (TPSA) is 111 Å². The summed E-state index contributed by atoms with van der Waals surface area (Å²) < 4.78 is 4.52. The van der Waals surface area contributed by atoms with Crippen LogP contribution in [0, 0.1) is 10.1 Å². The van der Waals surface area contributed by atoms with E-state index in [4.69, 9.17) is 11.6 Å². The fraction of sp³-hybridized carbons (Fsp3) is 0. The van der Waals surface area contributed by atoms with Gasteiger partial charge in [0.15, 0.2) is 0 Å². The van der Waals surface area contributed by atoms with E-state index >= 15 is 0 Å². The van der Waals surface area contributed by atoms with Gasteiger partial charge in [-0.2, -0.15) is 0 Å². The van der Waals surface area contributed by atoms with Crippen molar-refractivity contribution in [1.29, 1.82) is 0 Å². The number of aromatic nitrogens is 2. The Kier molecular flexibility index (Phi) is 3.20. The van der Waals surface area contributed by atoms with Crippen molar-refractivity contribution in [2.24, 2.45) is 0 Å². The number of nitro groups is 1. The van der Waals surface area contributed by atoms with Crippen LogP contribution in [0.4, 0.5) is 11.4 Å². The van der Waals surface area contributed by atoms with Gasteiger partial charge in [-0.25, -0.2) is 4.98 Å². The van der Waals surface area contributed by atoms with Gasteiger partial charge in [0.2, 0.25) is 0 Å². The maximum atomic E-state index is 11.8. The summed E-state index contributed by atoms with van der Waals surface area (Å²) in [5.74, 6) is -0.700. The molecule has 1 N–H and O–H groups in total. The molecule has 2 heterocycles. The second-order valence-electron chi connectivity index (χ2n) is 3.15. The van der Waals surface area contributed by atoms with Gasteiger partial charge in [0.25, 0.3) is 11.6 Å². The first kappa shape index (κ1) is 12.0. The second kappa shape index (κ2) is 4.80. The average molecular weight is 269 g/mol. The fourth-order valence-corrected chi connectivity index (χ4v) is 1.37. The standard InChI is InChI=1S/C9H5ClN4O4/c10-8-1-6(7(3-11-8)14(16)17)9(15)13-5-2-12-18-4-5/h1-4H,(H,13,15). The molecule has 0 aromatic carbocycles. The van der Waals surface area contributed by atoms with Gasteiger partial charge in [0, 0.05) is 0 Å². The smallest absolute Gasteiger partial charge is 0.300 e. The zero-order valence-electron chi connectivity index (χ0n) is 8.66. The quantitative estimate of drug-likeness (QED) is 0.517. The molecular weight excluding hydrogens is 264 g/mol. The van der Waals surface area contributed by atoms with Gasteiger partial charge < -0.3 is 9.84 Å². The summed E-state index contributed by atoms with van der Waals surface area (Å²) in [6.45, 7) is 0. The normalized spacial score (nSPS) is 10.1. The van der Waals surface area contributed by atoms with Crippen molar-refractivity contribution < 1.29 is 14.2 Å². The van der Waals surface area contributed by atoms with Crippen LogP contribution in [0.1, 0.15) is 10.4 Å². The van der Waals surface area contributed by atoms with Crippen LogP contribution in [0.3, 0.4) is 0 Å². The lowest BCUT2D eigenvalue weighted by atomic mass is 10.2. The Morgan fingerprint density at radius 1 is 1.50 bits per heavy atom. The third kappa shape index (κ3) is 2.43. The minimum atomic E-state index is -0.716. The van der Waals surface area contributed by atoms with Crippen molar-refractivity contribution in [3.63, 3.8) is 0 Å². The largest absolute Gasteiger partial charge is 0.363 e. The molecule has 8 nitrogen and oxygen atoms in total. The number of hydrogen-bond donors (Lipinski definition) is 1. The molecule has 2 aromatic rings. The lowest BCUT2D eigenvalue weighted by Gasteiger charge is -2.02. The number of rotatable bonds is 3. The molecule has 0 saturated carbocycles. The molecule has 1 amide bonds. The first-order valence-corrected chi connectivity index (χ1v) is 4.96. The summed E-state index contributed by atoms with van der Waals surface area (Å²) in [4.78, 5) is 25.4. The molecule has 2 aromatic heterocycles. The second-order valence-corrected chi connectivity index (χ2v) is 3.54. The molecule has 0 fully saturated rings. The van der Waals surface area contributed by atoms with Gasteiger partial charge in [-0.05, 0) is 6.07 Å². The molecule has 0 unspecified atom stereocenters. The number of hydrogen-bond acceptors (Lipinski definition) is 6. The third-order valence-electron chi connectivity index (χ3n) is 1.98. The summed E-state index contributed by atoms with van der Waals surface area (Å²) in [7, 11) is 0. The number of nitrogens with zero attached hydrogens (tertiary/aromatic N) is 3. The molecule has 0 bridgehead atoms. The Bertz CT molecular complexity index is 599. The number of nitrogens with one attached hydrogen (secondary N) is 1. The van der Waals surface area contributed by atoms with E-state index in [2.05, 4.69) is 20.0 Å². The summed E-state index contributed by atoms with van der Waals surface area (Å²) >= 11 is 5.60. The highest BCUT2D eigenvalue weighted by Gasteiger charge is 2.21. The molecule has 0 radical (unpaired) electrons. The van der Waals surface area contributed by atoms with Crippen LogP contribution in [0.2, 0.25) is 5.15 Å². The Labute approximate surface area is 105 Å². The summed E-state index contributed by atoms with van der Waals surface area (Å²) in [6, 6.07) is 1.11. The van der Waals surface area contributed by atoms with Crippen LogP contribution < -0.4 is 5.32 Å². The van der Waals surface area contributed by atoms with Crippen molar-refractivity contribution in [2.45, 2.75) is 0 Å². The van der Waals surface area contributed by atoms with Crippen LogP contribution in [-0.4, -0.2) is 21.0 Å². The van der Waals surface area contributed by atoms with E-state index in [-0.39, 0.29) is 16.4 Å². The van der Waals surface area contributed by atoms with Gasteiger partial charge in [-0.1, -0.05) is 16.8 Å². The maximum Gasteiger partial charge on any atom is 0.300 e. The maximum absolute atomic E-state index is 11.8. The van der Waals surface area contributed by atoms with E-state index in [1.165, 1.54) is 12.5 Å². The Balaban J connectivity index is 2.34. The van der Waals surface area contributed by atoms with Gasteiger partial charge in [-0.15, -0.1) is 0 Å². The van der Waals surface area contributed by atoms with E-state index in [9.17, 15) is 14.9 Å². The first-order chi connectivity index (χ1) is 8.58. The molecule has 0 aliphatic carbocycles. The Hall–Kier alpha value is -2.48. The summed E-state index contributed by atoms with van der Waals surface area (Å²) in [5, 5.41) is 16.5. The van der Waals surface area contributed by atoms with E-state index in [1.54, 1.807) is 0 Å². The van der Waals surface area contributed by atoms with Crippen molar-refractivity contribution in [1.82, 2.24) is 10.1 Å². The zero-order valence-corrected chi connectivity index (χ0v) is 9.42. The van der Waals surface area contributed by atoms with Gasteiger partial charge in [0.05, 0.1) is 11.1 Å². The monoisotopic (exact) mass is 268 g/mol. The highest BCUT2D eigenvalue weighted by atomic mass is 35.5. The van der Waals surface area contributed by atoms with Crippen LogP contribution in [-0.2, 0) is 0 Å². The van der Waals surface area contributed by atoms with Crippen LogP contribution >= 0.6 is 11.6 Å². The van der Waals surface area contributed by atoms with Crippen molar-refractivity contribution in [3.05, 3.63) is 45.6 Å². The average Bonchev–Trinajstić information content (AvgIpc) is 2.81. The number of halogens is 1. The van der Waals surface area contributed by atoms with Gasteiger partial charge >= 0.3 is 0 Å². The highest BCUT2D eigenvalue weighted by Crippen LogP contribution is 2.21. The molecule has 0 aliphatic rings. The van der Waals surface area contributed by atoms with E-state index in [0.717, 1.165) is 12.3 Å². The van der Waals surface area contributed by atoms with E-state index in [1.807, 2.05) is 0 Å². The number of amides is 1. The van der Waals surface area contributed by atoms with Crippen LogP contribution in [0.15, 0.2) is 29.2 Å². The number of anilines is 1. The van der Waals surface area contributed by atoms with Crippen LogP contribution in [0.5, 0.6) is 0 Å². The first-order valence-electron chi connectivity index (χ1n) is 4.58. The van der Waals surface area contributed by atoms with Crippen molar-refractivity contribution in [3.8, 4) is 0 Å². The molecule has 0 atom stereocenters. The predicted octanol–water partition coefficient (Wildman–Crippen LogP) is 1.88. The molecule has 0 aliphatic heterocycles. The highest BCUT2D eigenvalue weighted by molar-refractivity contribution is 6.30. The van der Waals surface area contributed by atoms with Gasteiger partial charge in [0.1, 0.15) is 28.9 Å². The molecule has 92 valence electrons. The fourth-order valence-electron chi connectivity index (χ4n) is 1.22. The Morgan fingerprint density at radius 3 is 2.89 bits per heavy atom. The molecule has 2 rings (SSSR count). The molecule has 9 heteroatoms. The molecular formula is C9H5ClN4O4. The lowest BCUT2D eigenvalue weighted by Crippen LogP contribution is -2.13. The number of pyridine rings is 1. The molecule has 0 saturated heterocycles. The van der Waals surface area contributed by atoms with Gasteiger partial charge in [-0.3, -0.25) is 14.9 Å². The van der Waals surface area contributed by atoms with Crippen LogP contribution in [0.25, 0.3) is 0 Å². The SMILES string of the molecule is O=C(Nc1cnoc1)c1cc(Cl)ncc1[N+](=O)[O-]. The Morgan fingerprint density at radius 2 is 2.28 bits per heavy atom. The van der Waals surface area contributed by atoms with E-state index in [0.29, 0.717) is 0 Å². The minimum Gasteiger partial charge on any atom is -0.363 e. The minimum absolute atomic E-state index is 0.0175. The molecule has 0 spiro atoms. The predicted molar refractivity (Wildman–Crippen MR) is 60.4 cm³/mol. The van der Waals surface area contributed by atoms with E-state index < -0.39 is 16.5 Å². The van der Waals surface area contributed by atoms with Crippen molar-refractivity contribution >= 4 is 28.9 Å². The number of carbonyl (C=O) groups excluding carboxylic acids is 1.